The van der Waals surface area contributed by atoms with Crippen LogP contribution in [0.25, 0.3) is 0 Å². The summed E-state index contributed by atoms with van der Waals surface area (Å²) in [6, 6.07) is 24.0. The van der Waals surface area contributed by atoms with Gasteiger partial charge in [0, 0.05) is 13.0 Å². The quantitative estimate of drug-likeness (QED) is 0.471. The van der Waals surface area contributed by atoms with Gasteiger partial charge in [-0.25, -0.2) is 0 Å². The van der Waals surface area contributed by atoms with Gasteiger partial charge in [-0.1, -0.05) is 135 Å². The van der Waals surface area contributed by atoms with Crippen LogP contribution in [-0.4, -0.2) is 38.5 Å². The molecule has 2 unspecified atom stereocenters. The Kier molecular flexibility index (Phi) is 39.9. The van der Waals surface area contributed by atoms with Crippen LogP contribution in [0.15, 0.2) is 72.8 Å². The Bertz CT molecular complexity index is 459. The summed E-state index contributed by atoms with van der Waals surface area (Å²) < 4.78 is 0. The highest BCUT2D eigenvalue weighted by molar-refractivity contribution is 5.77. The SMILES string of the molecule is CC.CC.CCC(C)CCC(C)C(=O)NC.CCN(C)C.c1ccccc1.c1ccccc1. The van der Waals surface area contributed by atoms with Crippen molar-refractivity contribution < 1.29 is 4.79 Å². The van der Waals surface area contributed by atoms with E-state index in [1.54, 1.807) is 7.05 Å². The summed E-state index contributed by atoms with van der Waals surface area (Å²) in [4.78, 5) is 13.2. The third-order valence-electron chi connectivity index (χ3n) is 4.45. The monoisotopic (exact) mass is 460 g/mol. The molecule has 0 heterocycles. The summed E-state index contributed by atoms with van der Waals surface area (Å²) in [6.07, 6.45) is 3.38. The van der Waals surface area contributed by atoms with Gasteiger partial charge >= 0.3 is 0 Å². The fourth-order valence-electron chi connectivity index (χ4n) is 1.89. The van der Waals surface area contributed by atoms with Crippen molar-refractivity contribution >= 4 is 5.91 Å². The second-order valence-electron chi connectivity index (χ2n) is 7.31. The van der Waals surface area contributed by atoms with Crippen LogP contribution in [0.3, 0.4) is 0 Å². The van der Waals surface area contributed by atoms with Crippen molar-refractivity contribution in [2.24, 2.45) is 11.8 Å². The van der Waals surface area contributed by atoms with Gasteiger partial charge in [0.25, 0.3) is 0 Å². The molecule has 0 radical (unpaired) electrons. The van der Waals surface area contributed by atoms with Gasteiger partial charge in [-0.2, -0.15) is 0 Å². The molecule has 2 aromatic rings. The van der Waals surface area contributed by atoms with E-state index >= 15 is 0 Å². The third-order valence-corrected chi connectivity index (χ3v) is 4.45. The lowest BCUT2D eigenvalue weighted by Gasteiger charge is -2.12. The normalized spacial score (nSPS) is 10.3. The summed E-state index contributed by atoms with van der Waals surface area (Å²) in [5.41, 5.74) is 0. The number of nitrogens with zero attached hydrogens (tertiary/aromatic N) is 1. The van der Waals surface area contributed by atoms with E-state index in [9.17, 15) is 4.79 Å². The van der Waals surface area contributed by atoms with Gasteiger partial charge in [-0.15, -0.1) is 0 Å². The molecular formula is C30H56N2O. The molecule has 2 rings (SSSR count). The van der Waals surface area contributed by atoms with E-state index in [1.807, 2.05) is 107 Å². The zero-order chi connectivity index (χ0) is 26.3. The van der Waals surface area contributed by atoms with Crippen LogP contribution >= 0.6 is 0 Å². The fraction of sp³-hybridized carbons (Fsp3) is 0.567. The maximum Gasteiger partial charge on any atom is 0.222 e. The number of hydrogen-bond acceptors (Lipinski definition) is 2. The van der Waals surface area contributed by atoms with Gasteiger partial charge in [0.1, 0.15) is 0 Å². The number of carbonyl (C=O) groups is 1. The maximum absolute atomic E-state index is 11.1. The molecule has 2 aromatic carbocycles. The van der Waals surface area contributed by atoms with Crippen LogP contribution in [0.1, 0.15) is 74.7 Å². The van der Waals surface area contributed by atoms with Crippen molar-refractivity contribution in [3.05, 3.63) is 72.8 Å². The number of nitrogens with one attached hydrogen (secondary N) is 1. The molecule has 0 fully saturated rings. The number of amides is 1. The fourth-order valence-corrected chi connectivity index (χ4v) is 1.89. The lowest BCUT2D eigenvalue weighted by Crippen LogP contribution is -2.25. The van der Waals surface area contributed by atoms with Crippen LogP contribution in [0.2, 0.25) is 0 Å². The molecule has 0 aliphatic carbocycles. The second-order valence-corrected chi connectivity index (χ2v) is 7.31. The van der Waals surface area contributed by atoms with Gasteiger partial charge in [0.05, 0.1) is 0 Å². The van der Waals surface area contributed by atoms with Crippen LogP contribution in [0.4, 0.5) is 0 Å². The van der Waals surface area contributed by atoms with Crippen LogP contribution < -0.4 is 5.32 Å². The van der Waals surface area contributed by atoms with Gasteiger partial charge in [-0.3, -0.25) is 4.79 Å². The largest absolute Gasteiger partial charge is 0.359 e. The predicted octanol–water partition coefficient (Wildman–Crippen LogP) is 8.19. The van der Waals surface area contributed by atoms with E-state index in [1.165, 1.54) is 6.42 Å². The summed E-state index contributed by atoms with van der Waals surface area (Å²) in [5, 5.41) is 2.67. The number of hydrogen-bond donors (Lipinski definition) is 1. The zero-order valence-corrected chi connectivity index (χ0v) is 23.8. The second kappa shape index (κ2) is 34.5. The summed E-state index contributed by atoms with van der Waals surface area (Å²) in [7, 11) is 5.81. The minimum absolute atomic E-state index is 0.165. The molecule has 1 amide bonds. The molecule has 0 aliphatic heterocycles. The highest BCUT2D eigenvalue weighted by atomic mass is 16.1. The van der Waals surface area contributed by atoms with E-state index in [0.29, 0.717) is 0 Å². The zero-order valence-electron chi connectivity index (χ0n) is 23.8. The Morgan fingerprint density at radius 3 is 1.15 bits per heavy atom. The average Bonchev–Trinajstić information content (AvgIpc) is 2.91. The lowest BCUT2D eigenvalue weighted by molar-refractivity contribution is -0.124. The van der Waals surface area contributed by atoms with Gasteiger partial charge in [-0.05, 0) is 39.4 Å². The molecule has 3 heteroatoms. The molecule has 1 N–H and O–H groups in total. The van der Waals surface area contributed by atoms with Crippen molar-refractivity contribution in [3.8, 4) is 0 Å². The molecule has 2 atom stereocenters. The van der Waals surface area contributed by atoms with Crippen molar-refractivity contribution in [1.82, 2.24) is 10.2 Å². The number of benzene rings is 2. The average molecular weight is 461 g/mol. The molecular weight excluding hydrogens is 404 g/mol. The smallest absolute Gasteiger partial charge is 0.222 e. The van der Waals surface area contributed by atoms with Crippen LogP contribution in [0.5, 0.6) is 0 Å². The summed E-state index contributed by atoms with van der Waals surface area (Å²) in [5.74, 6) is 1.08. The van der Waals surface area contributed by atoms with Gasteiger partial charge in [0.15, 0.2) is 0 Å². The molecule has 0 saturated heterocycles. The molecule has 0 aromatic heterocycles. The summed E-state index contributed by atoms with van der Waals surface area (Å²) >= 11 is 0. The topological polar surface area (TPSA) is 32.3 Å². The van der Waals surface area contributed by atoms with Gasteiger partial charge < -0.3 is 10.2 Å². The van der Waals surface area contributed by atoms with Crippen molar-refractivity contribution in [1.29, 1.82) is 0 Å². The minimum Gasteiger partial charge on any atom is -0.359 e. The van der Waals surface area contributed by atoms with Crippen molar-refractivity contribution in [3.63, 3.8) is 0 Å². The molecule has 192 valence electrons. The first-order chi connectivity index (χ1) is 15.9. The molecule has 0 saturated carbocycles. The molecule has 33 heavy (non-hydrogen) atoms. The molecule has 3 nitrogen and oxygen atoms in total. The number of carbonyl (C=O) groups excluding carboxylic acids is 1. The van der Waals surface area contributed by atoms with E-state index in [0.717, 1.165) is 25.3 Å². The highest BCUT2D eigenvalue weighted by Crippen LogP contribution is 2.14. The van der Waals surface area contributed by atoms with Crippen molar-refractivity contribution in [2.45, 2.75) is 74.7 Å². The standard InChI is InChI=1S/C10H21NO.2C6H6.C4H11N.2C2H6/c1-5-8(2)6-7-9(3)10(12)11-4;2*1-2-4-6-5-3-1;1-4-5(2)3;2*1-2/h8-9H,5-7H2,1-4H3,(H,11,12);2*1-6H;4H2,1-3H3;2*1-2H3. The van der Waals surface area contributed by atoms with Crippen LogP contribution in [0, 0.1) is 11.8 Å². The summed E-state index contributed by atoms with van der Waals surface area (Å²) in [6.45, 7) is 17.7. The van der Waals surface area contributed by atoms with E-state index in [4.69, 9.17) is 0 Å². The molecule has 0 spiro atoms. The van der Waals surface area contributed by atoms with Crippen LogP contribution in [-0.2, 0) is 4.79 Å². The molecule has 0 aliphatic rings. The Hall–Kier alpha value is -2.13. The highest BCUT2D eigenvalue weighted by Gasteiger charge is 2.11. The predicted molar refractivity (Wildman–Crippen MR) is 152 cm³/mol. The Morgan fingerprint density at radius 2 is 0.970 bits per heavy atom. The molecule has 0 bridgehead atoms. The van der Waals surface area contributed by atoms with Crippen molar-refractivity contribution in [2.75, 3.05) is 27.7 Å². The minimum atomic E-state index is 0.165. The van der Waals surface area contributed by atoms with E-state index in [-0.39, 0.29) is 11.8 Å². The third kappa shape index (κ3) is 37.5. The van der Waals surface area contributed by atoms with E-state index < -0.39 is 0 Å². The Balaban J connectivity index is -0.000000170. The Labute approximate surface area is 208 Å². The first kappa shape index (κ1) is 38.1. The lowest BCUT2D eigenvalue weighted by atomic mass is 9.96. The van der Waals surface area contributed by atoms with E-state index in [2.05, 4.69) is 45.1 Å². The first-order valence-corrected chi connectivity index (χ1v) is 12.7. The maximum atomic E-state index is 11.1. The first-order valence-electron chi connectivity index (χ1n) is 12.7. The Morgan fingerprint density at radius 1 is 0.697 bits per heavy atom. The van der Waals surface area contributed by atoms with Gasteiger partial charge in [0.2, 0.25) is 5.91 Å². The number of rotatable bonds is 6.